The van der Waals surface area contributed by atoms with Crippen molar-refractivity contribution in [1.29, 1.82) is 0 Å². The van der Waals surface area contributed by atoms with E-state index in [-0.39, 0.29) is 23.3 Å². The van der Waals surface area contributed by atoms with Crippen molar-refractivity contribution in [2.75, 3.05) is 26.2 Å². The zero-order valence-corrected chi connectivity index (χ0v) is 11.3. The van der Waals surface area contributed by atoms with Gasteiger partial charge in [0.05, 0.1) is 18.4 Å². The Morgan fingerprint density at radius 2 is 2.42 bits per heavy atom. The number of hydrogen-bond acceptors (Lipinski definition) is 5. The number of rotatable bonds is 3. The lowest BCUT2D eigenvalue weighted by molar-refractivity contribution is -0.149. The number of piperazine rings is 1. The van der Waals surface area contributed by atoms with Gasteiger partial charge in [-0.1, -0.05) is 0 Å². The molecule has 1 atom stereocenters. The first-order valence-electron chi connectivity index (χ1n) is 6.06. The van der Waals surface area contributed by atoms with E-state index in [1.807, 2.05) is 0 Å². The number of ether oxygens (including phenoxy) is 1. The summed E-state index contributed by atoms with van der Waals surface area (Å²) in [6.45, 7) is 3.43. The van der Waals surface area contributed by atoms with Crippen LogP contribution in [0.1, 0.15) is 17.3 Å². The number of carbonyl (C=O) groups excluding carboxylic acids is 2. The number of nitrogens with zero attached hydrogens (tertiary/aromatic N) is 1. The van der Waals surface area contributed by atoms with Gasteiger partial charge in [-0.25, -0.2) is 4.79 Å². The molecule has 0 bridgehead atoms. The van der Waals surface area contributed by atoms with Crippen LogP contribution in [-0.4, -0.2) is 49.1 Å². The molecule has 0 spiro atoms. The van der Waals surface area contributed by atoms with E-state index < -0.39 is 12.0 Å². The maximum absolute atomic E-state index is 12.3. The van der Waals surface area contributed by atoms with Gasteiger partial charge in [0.2, 0.25) is 5.22 Å². The summed E-state index contributed by atoms with van der Waals surface area (Å²) in [6.07, 6.45) is 1.34. The third-order valence-electron chi connectivity index (χ3n) is 2.91. The van der Waals surface area contributed by atoms with Gasteiger partial charge in [0.25, 0.3) is 5.91 Å². The molecule has 1 amide bonds. The van der Waals surface area contributed by atoms with Crippen LogP contribution in [0.3, 0.4) is 0 Å². The Balaban J connectivity index is 2.18. The Kier molecular flexibility index (Phi) is 4.44. The number of amides is 1. The third kappa shape index (κ3) is 2.90. The number of furan rings is 1. The van der Waals surface area contributed by atoms with Gasteiger partial charge in [0.1, 0.15) is 6.04 Å². The minimum atomic E-state index is -0.632. The van der Waals surface area contributed by atoms with E-state index in [1.54, 1.807) is 6.92 Å². The molecule has 0 aromatic carbocycles. The molecule has 2 heterocycles. The van der Waals surface area contributed by atoms with E-state index in [4.69, 9.17) is 20.8 Å². The van der Waals surface area contributed by atoms with Crippen LogP contribution in [0.4, 0.5) is 0 Å². The molecule has 1 saturated heterocycles. The summed E-state index contributed by atoms with van der Waals surface area (Å²) in [7, 11) is 0. The van der Waals surface area contributed by atoms with Gasteiger partial charge in [0, 0.05) is 19.6 Å². The van der Waals surface area contributed by atoms with Gasteiger partial charge < -0.3 is 19.4 Å². The summed E-state index contributed by atoms with van der Waals surface area (Å²) in [6, 6.07) is 0.863. The second-order valence-electron chi connectivity index (χ2n) is 4.08. The summed E-state index contributed by atoms with van der Waals surface area (Å²) in [5.41, 5.74) is 0.262. The van der Waals surface area contributed by atoms with Crippen LogP contribution in [0, 0.1) is 0 Å². The topological polar surface area (TPSA) is 71.8 Å². The molecule has 1 aromatic heterocycles. The highest BCUT2D eigenvalue weighted by atomic mass is 35.5. The lowest BCUT2D eigenvalue weighted by atomic mass is 10.1. The van der Waals surface area contributed by atoms with E-state index in [0.717, 1.165) is 0 Å². The van der Waals surface area contributed by atoms with Crippen molar-refractivity contribution in [3.63, 3.8) is 0 Å². The molecule has 1 aliphatic rings. The van der Waals surface area contributed by atoms with E-state index in [0.29, 0.717) is 19.6 Å². The van der Waals surface area contributed by atoms with Crippen molar-refractivity contribution in [3.8, 4) is 0 Å². The smallest absolute Gasteiger partial charge is 0.330 e. The quantitative estimate of drug-likeness (QED) is 0.836. The second-order valence-corrected chi connectivity index (χ2v) is 4.42. The summed E-state index contributed by atoms with van der Waals surface area (Å²) in [5.74, 6) is -0.735. The molecule has 19 heavy (non-hydrogen) atoms. The molecule has 1 N–H and O–H groups in total. The highest BCUT2D eigenvalue weighted by Crippen LogP contribution is 2.20. The molecule has 0 aliphatic carbocycles. The molecule has 2 rings (SSSR count). The third-order valence-corrected chi connectivity index (χ3v) is 3.20. The first-order valence-corrected chi connectivity index (χ1v) is 6.44. The van der Waals surface area contributed by atoms with Crippen molar-refractivity contribution in [1.82, 2.24) is 10.2 Å². The molecule has 6 nitrogen and oxygen atoms in total. The molecule has 1 aliphatic heterocycles. The first-order chi connectivity index (χ1) is 9.15. The Hall–Kier alpha value is -1.53. The van der Waals surface area contributed by atoms with Crippen molar-refractivity contribution >= 4 is 23.5 Å². The average molecular weight is 287 g/mol. The van der Waals surface area contributed by atoms with Crippen LogP contribution in [0.25, 0.3) is 0 Å². The monoisotopic (exact) mass is 286 g/mol. The maximum atomic E-state index is 12.3. The number of esters is 1. The van der Waals surface area contributed by atoms with Gasteiger partial charge >= 0.3 is 5.97 Å². The van der Waals surface area contributed by atoms with Gasteiger partial charge in [-0.15, -0.1) is 0 Å². The van der Waals surface area contributed by atoms with Crippen LogP contribution in [0.2, 0.25) is 5.22 Å². The molecule has 1 fully saturated rings. The van der Waals surface area contributed by atoms with Gasteiger partial charge in [-0.3, -0.25) is 4.79 Å². The Morgan fingerprint density at radius 1 is 1.63 bits per heavy atom. The van der Waals surface area contributed by atoms with Crippen molar-refractivity contribution in [3.05, 3.63) is 23.1 Å². The highest BCUT2D eigenvalue weighted by Gasteiger charge is 2.34. The van der Waals surface area contributed by atoms with Gasteiger partial charge in [-0.2, -0.15) is 0 Å². The lowest BCUT2D eigenvalue weighted by Gasteiger charge is -2.34. The minimum absolute atomic E-state index is 0.0335. The zero-order chi connectivity index (χ0) is 13.8. The largest absolute Gasteiger partial charge is 0.464 e. The molecule has 1 unspecified atom stereocenters. The van der Waals surface area contributed by atoms with E-state index in [1.165, 1.54) is 17.2 Å². The van der Waals surface area contributed by atoms with E-state index in [2.05, 4.69) is 5.32 Å². The fraction of sp³-hybridized carbons (Fsp3) is 0.500. The first kappa shape index (κ1) is 13.9. The molecule has 7 heteroatoms. The standard InChI is InChI=1S/C12H15ClN2O4/c1-2-18-12(17)9-7-14-4-5-15(9)11(16)8-3-6-19-10(8)13/h3,6,9,14H,2,4-5,7H2,1H3. The fourth-order valence-corrected chi connectivity index (χ4v) is 2.19. The maximum Gasteiger partial charge on any atom is 0.330 e. The minimum Gasteiger partial charge on any atom is -0.464 e. The Bertz CT molecular complexity index is 474. The molecular weight excluding hydrogens is 272 g/mol. The number of nitrogens with one attached hydrogen (secondary N) is 1. The van der Waals surface area contributed by atoms with Crippen molar-refractivity contribution in [2.24, 2.45) is 0 Å². The molecule has 0 radical (unpaired) electrons. The van der Waals surface area contributed by atoms with Crippen LogP contribution >= 0.6 is 11.6 Å². The van der Waals surface area contributed by atoms with Crippen LogP contribution in [0.15, 0.2) is 16.7 Å². The summed E-state index contributed by atoms with van der Waals surface area (Å²) >= 11 is 5.80. The number of carbonyl (C=O) groups is 2. The Morgan fingerprint density at radius 3 is 3.05 bits per heavy atom. The van der Waals surface area contributed by atoms with Crippen LogP contribution in [-0.2, 0) is 9.53 Å². The summed E-state index contributed by atoms with van der Waals surface area (Å²) in [5, 5.41) is 3.10. The molecule has 1 aromatic rings. The lowest BCUT2D eigenvalue weighted by Crippen LogP contribution is -2.57. The van der Waals surface area contributed by atoms with Crippen LogP contribution in [0.5, 0.6) is 0 Å². The molecular formula is C12H15ClN2O4. The van der Waals surface area contributed by atoms with E-state index >= 15 is 0 Å². The van der Waals surface area contributed by atoms with Crippen molar-refractivity contribution < 1.29 is 18.7 Å². The molecule has 104 valence electrons. The predicted molar refractivity (Wildman–Crippen MR) is 68.0 cm³/mol. The normalized spacial score (nSPS) is 19.3. The fourth-order valence-electron chi connectivity index (χ4n) is 2.00. The number of halogens is 1. The second kappa shape index (κ2) is 6.08. The van der Waals surface area contributed by atoms with Crippen LogP contribution < -0.4 is 5.32 Å². The van der Waals surface area contributed by atoms with Gasteiger partial charge in [0.15, 0.2) is 0 Å². The number of hydrogen-bond donors (Lipinski definition) is 1. The summed E-state index contributed by atoms with van der Waals surface area (Å²) < 4.78 is 9.89. The van der Waals surface area contributed by atoms with Gasteiger partial charge in [-0.05, 0) is 24.6 Å². The Labute approximate surface area is 115 Å². The van der Waals surface area contributed by atoms with Crippen molar-refractivity contribution in [2.45, 2.75) is 13.0 Å². The SMILES string of the molecule is CCOC(=O)C1CNCCN1C(=O)c1ccoc1Cl. The van der Waals surface area contributed by atoms with E-state index in [9.17, 15) is 9.59 Å². The molecule has 0 saturated carbocycles. The highest BCUT2D eigenvalue weighted by molar-refractivity contribution is 6.32. The summed E-state index contributed by atoms with van der Waals surface area (Å²) in [4.78, 5) is 25.7. The average Bonchev–Trinajstić information content (AvgIpc) is 2.84. The predicted octanol–water partition coefficient (Wildman–Crippen LogP) is 0.910. The zero-order valence-electron chi connectivity index (χ0n) is 10.5.